The highest BCUT2D eigenvalue weighted by Gasteiger charge is 2.35. The first-order valence-corrected chi connectivity index (χ1v) is 9.06. The average Bonchev–Trinajstić information content (AvgIpc) is 3.10. The molecule has 0 aromatic heterocycles. The zero-order valence-corrected chi connectivity index (χ0v) is 15.6. The Hall–Kier alpha value is -2.97. The van der Waals surface area contributed by atoms with E-state index in [0.717, 1.165) is 18.7 Å². The largest absolute Gasteiger partial charge is 0.412 e. The van der Waals surface area contributed by atoms with Crippen molar-refractivity contribution in [1.82, 2.24) is 10.2 Å². The van der Waals surface area contributed by atoms with Gasteiger partial charge in [0, 0.05) is 44.8 Å². The molecule has 0 bridgehead atoms. The Morgan fingerprint density at radius 1 is 1.18 bits per heavy atom. The molecule has 3 rings (SSSR count). The lowest BCUT2D eigenvalue weighted by Crippen LogP contribution is -2.41. The van der Waals surface area contributed by atoms with Crippen LogP contribution in [0, 0.1) is 10.1 Å². The van der Waals surface area contributed by atoms with Gasteiger partial charge in [-0.1, -0.05) is 30.3 Å². The summed E-state index contributed by atoms with van der Waals surface area (Å²) in [5.41, 5.74) is 1.10. The van der Waals surface area contributed by atoms with E-state index in [1.807, 2.05) is 18.2 Å². The minimum absolute atomic E-state index is 0.0542. The molecule has 2 atom stereocenters. The van der Waals surface area contributed by atoms with E-state index in [0.29, 0.717) is 13.2 Å². The molecule has 0 spiro atoms. The molecule has 1 heterocycles. The Labute approximate surface area is 163 Å². The molecule has 1 fully saturated rings. The number of nitro groups is 1. The van der Waals surface area contributed by atoms with E-state index < -0.39 is 11.0 Å². The van der Waals surface area contributed by atoms with E-state index in [2.05, 4.69) is 22.3 Å². The van der Waals surface area contributed by atoms with Crippen molar-refractivity contribution in [3.05, 3.63) is 70.3 Å². The highest BCUT2D eigenvalue weighted by atomic mass is 16.6. The summed E-state index contributed by atoms with van der Waals surface area (Å²) in [4.78, 5) is 24.8. The standard InChI is InChI=1S/C20H23N3O5/c1-27-12-11-22-13-18(15-5-3-2-4-6-15)19(14-22)21-20(24)28-17-9-7-16(8-10-17)23(25)26/h2-10,18-19H,11-14H2,1H3,(H,21,24)/t18-,19+/m1/s1. The molecule has 8 heteroatoms. The van der Waals surface area contributed by atoms with Gasteiger partial charge >= 0.3 is 6.09 Å². The second kappa shape index (κ2) is 9.29. The van der Waals surface area contributed by atoms with Crippen LogP contribution in [0.3, 0.4) is 0 Å². The van der Waals surface area contributed by atoms with Gasteiger partial charge in [-0.3, -0.25) is 15.0 Å². The number of amides is 1. The molecule has 28 heavy (non-hydrogen) atoms. The van der Waals surface area contributed by atoms with Gasteiger partial charge in [-0.2, -0.15) is 0 Å². The van der Waals surface area contributed by atoms with Crippen LogP contribution in [0.1, 0.15) is 11.5 Å². The molecule has 0 saturated carbocycles. The first-order valence-electron chi connectivity index (χ1n) is 9.06. The fourth-order valence-corrected chi connectivity index (χ4v) is 3.40. The number of nitrogens with one attached hydrogen (secondary N) is 1. The molecule has 1 amide bonds. The minimum Gasteiger partial charge on any atom is -0.410 e. The lowest BCUT2D eigenvalue weighted by molar-refractivity contribution is -0.384. The summed E-state index contributed by atoms with van der Waals surface area (Å²) in [6, 6.07) is 15.4. The molecule has 1 saturated heterocycles. The van der Waals surface area contributed by atoms with Gasteiger partial charge in [0.15, 0.2) is 0 Å². The van der Waals surface area contributed by atoms with Gasteiger partial charge in [0.1, 0.15) is 5.75 Å². The molecular formula is C20H23N3O5. The number of hydrogen-bond acceptors (Lipinski definition) is 6. The number of hydrogen-bond donors (Lipinski definition) is 1. The predicted molar refractivity (Wildman–Crippen MR) is 104 cm³/mol. The van der Waals surface area contributed by atoms with Gasteiger partial charge < -0.3 is 14.8 Å². The number of carbonyl (C=O) groups is 1. The van der Waals surface area contributed by atoms with Crippen LogP contribution in [0.15, 0.2) is 54.6 Å². The second-order valence-electron chi connectivity index (χ2n) is 6.66. The highest BCUT2D eigenvalue weighted by molar-refractivity contribution is 5.71. The average molecular weight is 385 g/mol. The summed E-state index contributed by atoms with van der Waals surface area (Å²) in [7, 11) is 1.67. The molecule has 1 aliphatic rings. The van der Waals surface area contributed by atoms with Crippen molar-refractivity contribution >= 4 is 11.8 Å². The Bertz CT molecular complexity index is 797. The van der Waals surface area contributed by atoms with Gasteiger partial charge in [-0.05, 0) is 17.7 Å². The van der Waals surface area contributed by atoms with Crippen molar-refractivity contribution in [1.29, 1.82) is 0 Å². The molecule has 0 radical (unpaired) electrons. The van der Waals surface area contributed by atoms with Gasteiger partial charge in [-0.15, -0.1) is 0 Å². The number of carbonyl (C=O) groups excluding carboxylic acids is 1. The van der Waals surface area contributed by atoms with Crippen LogP contribution in [0.25, 0.3) is 0 Å². The summed E-state index contributed by atoms with van der Waals surface area (Å²) < 4.78 is 10.5. The molecule has 148 valence electrons. The molecule has 0 aliphatic carbocycles. The summed E-state index contributed by atoms with van der Waals surface area (Å²) in [5, 5.41) is 13.7. The number of likely N-dealkylation sites (tertiary alicyclic amines) is 1. The van der Waals surface area contributed by atoms with E-state index in [9.17, 15) is 14.9 Å². The maximum absolute atomic E-state index is 12.4. The number of non-ortho nitro benzene ring substituents is 1. The van der Waals surface area contributed by atoms with Gasteiger partial charge in [0.25, 0.3) is 5.69 Å². The third kappa shape index (κ3) is 5.05. The molecule has 1 N–H and O–H groups in total. The zero-order valence-electron chi connectivity index (χ0n) is 15.6. The predicted octanol–water partition coefficient (Wildman–Crippen LogP) is 2.80. The van der Waals surface area contributed by atoms with Crippen molar-refractivity contribution in [3.63, 3.8) is 0 Å². The van der Waals surface area contributed by atoms with Crippen LogP contribution in [0.5, 0.6) is 5.75 Å². The van der Waals surface area contributed by atoms with Crippen LogP contribution in [0.4, 0.5) is 10.5 Å². The van der Waals surface area contributed by atoms with E-state index >= 15 is 0 Å². The topological polar surface area (TPSA) is 93.9 Å². The van der Waals surface area contributed by atoms with E-state index in [1.165, 1.54) is 24.3 Å². The highest BCUT2D eigenvalue weighted by Crippen LogP contribution is 2.28. The lowest BCUT2D eigenvalue weighted by atomic mass is 9.94. The van der Waals surface area contributed by atoms with Crippen LogP contribution in [-0.4, -0.2) is 55.3 Å². The summed E-state index contributed by atoms with van der Waals surface area (Å²) in [5.74, 6) is 0.399. The monoisotopic (exact) mass is 385 g/mol. The van der Waals surface area contributed by atoms with Crippen molar-refractivity contribution < 1.29 is 19.2 Å². The number of nitrogens with zero attached hydrogens (tertiary/aromatic N) is 2. The SMILES string of the molecule is COCCN1C[C@H](NC(=O)Oc2ccc([N+](=O)[O-])cc2)[C@@H](c2ccccc2)C1. The first kappa shape index (κ1) is 19.8. The lowest BCUT2D eigenvalue weighted by Gasteiger charge is -2.20. The fourth-order valence-electron chi connectivity index (χ4n) is 3.40. The van der Waals surface area contributed by atoms with E-state index in [4.69, 9.17) is 9.47 Å². The van der Waals surface area contributed by atoms with Gasteiger partial charge in [0.2, 0.25) is 0 Å². The fraction of sp³-hybridized carbons (Fsp3) is 0.350. The Balaban J connectivity index is 1.65. The first-order chi connectivity index (χ1) is 13.6. The Morgan fingerprint density at radius 3 is 2.54 bits per heavy atom. The maximum atomic E-state index is 12.4. The van der Waals surface area contributed by atoms with Crippen molar-refractivity contribution in [3.8, 4) is 5.75 Å². The Morgan fingerprint density at radius 2 is 1.89 bits per heavy atom. The van der Waals surface area contributed by atoms with E-state index in [1.54, 1.807) is 7.11 Å². The van der Waals surface area contributed by atoms with Gasteiger partial charge in [0.05, 0.1) is 17.6 Å². The number of methoxy groups -OCH3 is 1. The number of ether oxygens (including phenoxy) is 2. The van der Waals surface area contributed by atoms with E-state index in [-0.39, 0.29) is 23.4 Å². The van der Waals surface area contributed by atoms with Gasteiger partial charge in [-0.25, -0.2) is 4.79 Å². The number of benzene rings is 2. The number of rotatable bonds is 7. The Kier molecular flexibility index (Phi) is 6.57. The second-order valence-corrected chi connectivity index (χ2v) is 6.66. The zero-order chi connectivity index (χ0) is 19.9. The molecule has 2 aromatic carbocycles. The molecule has 2 aromatic rings. The van der Waals surface area contributed by atoms with Crippen LogP contribution in [0.2, 0.25) is 0 Å². The summed E-state index contributed by atoms with van der Waals surface area (Å²) in [6.07, 6.45) is -0.576. The normalized spacial score (nSPS) is 19.3. The minimum atomic E-state index is -0.576. The summed E-state index contributed by atoms with van der Waals surface area (Å²) >= 11 is 0. The molecule has 1 aliphatic heterocycles. The smallest absolute Gasteiger partial charge is 0.410 e. The number of nitro benzene ring substituents is 1. The summed E-state index contributed by atoms with van der Waals surface area (Å²) in [6.45, 7) is 2.92. The van der Waals surface area contributed by atoms with Crippen LogP contribution >= 0.6 is 0 Å². The maximum Gasteiger partial charge on any atom is 0.412 e. The van der Waals surface area contributed by atoms with Crippen molar-refractivity contribution in [2.75, 3.05) is 33.4 Å². The quantitative estimate of drug-likeness (QED) is 0.582. The van der Waals surface area contributed by atoms with Crippen molar-refractivity contribution in [2.45, 2.75) is 12.0 Å². The molecule has 0 unspecified atom stereocenters. The third-order valence-corrected chi connectivity index (χ3v) is 4.80. The molecular weight excluding hydrogens is 362 g/mol. The van der Waals surface area contributed by atoms with Crippen LogP contribution < -0.4 is 10.1 Å². The molecule has 8 nitrogen and oxygen atoms in total. The van der Waals surface area contributed by atoms with Crippen molar-refractivity contribution in [2.24, 2.45) is 0 Å². The third-order valence-electron chi connectivity index (χ3n) is 4.80. The van der Waals surface area contributed by atoms with Crippen LogP contribution in [-0.2, 0) is 4.74 Å².